The van der Waals surface area contributed by atoms with E-state index in [0.29, 0.717) is 25.3 Å². The van der Waals surface area contributed by atoms with Crippen LogP contribution in [0.15, 0.2) is 0 Å². The molecule has 0 heterocycles. The standard InChI is InChI=1S/C16H30N4O4S2/c1-11(2)8-12(21)19-14(23)17-6-7-25-26-9-13(22)20-15(24)18-10-16(3,4)5/h11H,6-10H2,1-5H3,(H2,17,19,21,23)(H2,18,20,22,24). The average molecular weight is 407 g/mol. The van der Waals surface area contributed by atoms with E-state index in [4.69, 9.17) is 0 Å². The van der Waals surface area contributed by atoms with Crippen molar-refractivity contribution in [1.82, 2.24) is 21.3 Å². The Kier molecular flexibility index (Phi) is 12.2. The van der Waals surface area contributed by atoms with E-state index >= 15 is 0 Å². The highest BCUT2D eigenvalue weighted by molar-refractivity contribution is 8.76. The van der Waals surface area contributed by atoms with E-state index in [0.717, 1.165) is 0 Å². The van der Waals surface area contributed by atoms with Gasteiger partial charge in [-0.3, -0.25) is 20.2 Å². The summed E-state index contributed by atoms with van der Waals surface area (Å²) >= 11 is 0. The Morgan fingerprint density at radius 2 is 1.46 bits per heavy atom. The van der Waals surface area contributed by atoms with Gasteiger partial charge >= 0.3 is 12.1 Å². The fraction of sp³-hybridized carbons (Fsp3) is 0.750. The topological polar surface area (TPSA) is 116 Å². The van der Waals surface area contributed by atoms with Crippen molar-refractivity contribution in [3.8, 4) is 0 Å². The van der Waals surface area contributed by atoms with Crippen LogP contribution in [0, 0.1) is 11.3 Å². The zero-order chi connectivity index (χ0) is 20.2. The van der Waals surface area contributed by atoms with Crippen LogP contribution < -0.4 is 21.3 Å². The highest BCUT2D eigenvalue weighted by Gasteiger charge is 2.13. The molecule has 0 unspecified atom stereocenters. The second-order valence-corrected chi connectivity index (χ2v) is 9.86. The molecule has 0 radical (unpaired) electrons. The molecular formula is C16H30N4O4S2. The Hall–Kier alpha value is -1.42. The first-order valence-corrected chi connectivity index (χ1v) is 10.9. The Balaban J connectivity index is 3.68. The van der Waals surface area contributed by atoms with Crippen molar-refractivity contribution < 1.29 is 19.2 Å². The minimum absolute atomic E-state index is 0.0519. The molecule has 0 saturated heterocycles. The second kappa shape index (κ2) is 12.9. The van der Waals surface area contributed by atoms with Gasteiger partial charge in [-0.15, -0.1) is 0 Å². The lowest BCUT2D eigenvalue weighted by Crippen LogP contribution is -2.43. The van der Waals surface area contributed by atoms with E-state index in [1.54, 1.807) is 0 Å². The van der Waals surface area contributed by atoms with Gasteiger partial charge in [0.15, 0.2) is 0 Å². The van der Waals surface area contributed by atoms with Crippen LogP contribution in [0.2, 0.25) is 0 Å². The molecular weight excluding hydrogens is 376 g/mol. The summed E-state index contributed by atoms with van der Waals surface area (Å²) in [7, 11) is 2.68. The molecule has 0 aliphatic heterocycles. The van der Waals surface area contributed by atoms with Crippen LogP contribution >= 0.6 is 21.6 Å². The first-order valence-electron chi connectivity index (χ1n) is 8.39. The summed E-state index contributed by atoms with van der Waals surface area (Å²) in [6.07, 6.45) is 0.302. The Morgan fingerprint density at radius 3 is 2.04 bits per heavy atom. The van der Waals surface area contributed by atoms with Gasteiger partial charge < -0.3 is 10.6 Å². The summed E-state index contributed by atoms with van der Waals surface area (Å²) in [5, 5.41) is 9.71. The third kappa shape index (κ3) is 16.1. The van der Waals surface area contributed by atoms with Gasteiger partial charge in [0.2, 0.25) is 11.8 Å². The first-order chi connectivity index (χ1) is 12.0. The Bertz CT molecular complexity index is 493. The minimum Gasteiger partial charge on any atom is -0.337 e. The van der Waals surface area contributed by atoms with Crippen LogP contribution in [0.25, 0.3) is 0 Å². The van der Waals surface area contributed by atoms with Crippen LogP contribution in [0.4, 0.5) is 9.59 Å². The summed E-state index contributed by atoms with van der Waals surface area (Å²) in [5.74, 6) is 0.211. The van der Waals surface area contributed by atoms with Gasteiger partial charge in [-0.2, -0.15) is 0 Å². The smallest absolute Gasteiger partial charge is 0.321 e. The minimum atomic E-state index is -0.519. The molecule has 0 saturated carbocycles. The largest absolute Gasteiger partial charge is 0.337 e. The highest BCUT2D eigenvalue weighted by atomic mass is 33.1. The Morgan fingerprint density at radius 1 is 0.885 bits per heavy atom. The van der Waals surface area contributed by atoms with Crippen molar-refractivity contribution in [3.05, 3.63) is 0 Å². The van der Waals surface area contributed by atoms with Crippen molar-refractivity contribution in [2.45, 2.75) is 41.0 Å². The van der Waals surface area contributed by atoms with E-state index < -0.39 is 12.1 Å². The predicted octanol–water partition coefficient (Wildman–Crippen LogP) is 2.11. The third-order valence-corrected chi connectivity index (χ3v) is 4.89. The molecule has 6 amide bonds. The summed E-state index contributed by atoms with van der Waals surface area (Å²) in [6.45, 7) is 10.6. The van der Waals surface area contributed by atoms with Gasteiger partial charge in [0.05, 0.1) is 5.75 Å². The van der Waals surface area contributed by atoms with E-state index in [2.05, 4.69) is 21.3 Å². The van der Waals surface area contributed by atoms with Gasteiger partial charge in [-0.25, -0.2) is 9.59 Å². The maximum Gasteiger partial charge on any atom is 0.321 e. The third-order valence-electron chi connectivity index (χ3n) is 2.62. The summed E-state index contributed by atoms with van der Waals surface area (Å²) in [6, 6.07) is -1.02. The normalized spacial score (nSPS) is 11.0. The van der Waals surface area contributed by atoms with E-state index in [9.17, 15) is 19.2 Å². The van der Waals surface area contributed by atoms with Crippen molar-refractivity contribution in [2.75, 3.05) is 24.6 Å². The lowest BCUT2D eigenvalue weighted by atomic mass is 9.97. The maximum absolute atomic E-state index is 11.6. The lowest BCUT2D eigenvalue weighted by Gasteiger charge is -2.18. The lowest BCUT2D eigenvalue weighted by molar-refractivity contribution is -0.120. The number of hydrogen-bond donors (Lipinski definition) is 4. The van der Waals surface area contributed by atoms with Crippen LogP contribution in [-0.4, -0.2) is 48.5 Å². The molecule has 0 rings (SSSR count). The molecule has 0 aromatic carbocycles. The average Bonchev–Trinajstić information content (AvgIpc) is 2.47. The number of carbonyl (C=O) groups is 4. The number of urea groups is 2. The molecule has 0 aliphatic carbocycles. The predicted molar refractivity (Wildman–Crippen MR) is 107 cm³/mol. The van der Waals surface area contributed by atoms with Crippen LogP contribution in [0.5, 0.6) is 0 Å². The number of rotatable bonds is 9. The van der Waals surface area contributed by atoms with E-state index in [1.807, 2.05) is 34.6 Å². The summed E-state index contributed by atoms with van der Waals surface area (Å²) < 4.78 is 0. The van der Waals surface area contributed by atoms with Gasteiger partial charge in [0, 0.05) is 25.3 Å². The molecule has 8 nitrogen and oxygen atoms in total. The van der Waals surface area contributed by atoms with E-state index in [-0.39, 0.29) is 28.9 Å². The molecule has 0 aliphatic rings. The van der Waals surface area contributed by atoms with Gasteiger partial charge in [0.25, 0.3) is 0 Å². The van der Waals surface area contributed by atoms with Gasteiger partial charge in [-0.1, -0.05) is 56.2 Å². The molecule has 0 aromatic rings. The van der Waals surface area contributed by atoms with Crippen molar-refractivity contribution >= 4 is 45.5 Å². The monoisotopic (exact) mass is 406 g/mol. The summed E-state index contributed by atoms with van der Waals surface area (Å²) in [4.78, 5) is 46.0. The van der Waals surface area contributed by atoms with Crippen LogP contribution in [0.1, 0.15) is 41.0 Å². The number of amides is 6. The molecule has 0 bridgehead atoms. The first kappa shape index (κ1) is 24.6. The molecule has 0 spiro atoms. The molecule has 26 heavy (non-hydrogen) atoms. The fourth-order valence-corrected chi connectivity index (χ4v) is 3.25. The highest BCUT2D eigenvalue weighted by Crippen LogP contribution is 2.19. The Labute approximate surface area is 163 Å². The zero-order valence-corrected chi connectivity index (χ0v) is 17.7. The van der Waals surface area contributed by atoms with Crippen molar-refractivity contribution in [1.29, 1.82) is 0 Å². The number of hydrogen-bond acceptors (Lipinski definition) is 6. The fourth-order valence-electron chi connectivity index (χ4n) is 1.51. The quantitative estimate of drug-likeness (QED) is 0.344. The van der Waals surface area contributed by atoms with Crippen molar-refractivity contribution in [2.24, 2.45) is 11.3 Å². The van der Waals surface area contributed by atoms with Crippen LogP contribution in [-0.2, 0) is 9.59 Å². The van der Waals surface area contributed by atoms with E-state index in [1.165, 1.54) is 21.6 Å². The number of carbonyl (C=O) groups excluding carboxylic acids is 4. The molecule has 0 aromatic heterocycles. The maximum atomic E-state index is 11.6. The van der Waals surface area contributed by atoms with Gasteiger partial charge in [0.1, 0.15) is 0 Å². The molecule has 4 N–H and O–H groups in total. The second-order valence-electron chi connectivity index (χ2n) is 7.28. The SMILES string of the molecule is CC(C)CC(=O)NC(=O)NCCSSCC(=O)NC(=O)NCC(C)(C)C. The van der Waals surface area contributed by atoms with Gasteiger partial charge in [-0.05, 0) is 11.3 Å². The molecule has 0 fully saturated rings. The molecule has 150 valence electrons. The number of imide groups is 2. The number of nitrogens with one attached hydrogen (secondary N) is 4. The van der Waals surface area contributed by atoms with Crippen molar-refractivity contribution in [3.63, 3.8) is 0 Å². The zero-order valence-electron chi connectivity index (χ0n) is 16.1. The molecule has 10 heteroatoms. The summed E-state index contributed by atoms with van der Waals surface area (Å²) in [5.41, 5.74) is -0.0519. The van der Waals surface area contributed by atoms with Crippen LogP contribution in [0.3, 0.4) is 0 Å². The molecule has 0 atom stereocenters.